The fourth-order valence-electron chi connectivity index (χ4n) is 3.55. The second-order valence-corrected chi connectivity index (χ2v) is 7.00. The SMILES string of the molecule is COc1ccc([N+](=O)[O-])cc1NC(=O)[C@@H](C)N1CCN(c2ccccc2OC)CC1. The molecule has 0 spiro atoms. The van der Waals surface area contributed by atoms with Gasteiger partial charge in [-0.1, -0.05) is 12.1 Å². The van der Waals surface area contributed by atoms with Gasteiger partial charge in [0, 0.05) is 38.3 Å². The lowest BCUT2D eigenvalue weighted by Gasteiger charge is -2.38. The van der Waals surface area contributed by atoms with E-state index in [4.69, 9.17) is 9.47 Å². The maximum absolute atomic E-state index is 12.8. The van der Waals surface area contributed by atoms with Crippen LogP contribution in [0, 0.1) is 10.1 Å². The Bertz CT molecular complexity index is 912. The monoisotopic (exact) mass is 414 g/mol. The predicted octanol–water partition coefficient (Wildman–Crippen LogP) is 2.76. The number of nitro benzene ring substituents is 1. The minimum Gasteiger partial charge on any atom is -0.495 e. The summed E-state index contributed by atoms with van der Waals surface area (Å²) in [5.74, 6) is 0.969. The number of piperazine rings is 1. The second kappa shape index (κ2) is 9.45. The Morgan fingerprint density at radius 3 is 2.37 bits per heavy atom. The Morgan fingerprint density at radius 1 is 1.07 bits per heavy atom. The summed E-state index contributed by atoms with van der Waals surface area (Å²) in [5, 5.41) is 13.8. The molecule has 9 nitrogen and oxygen atoms in total. The molecule has 30 heavy (non-hydrogen) atoms. The van der Waals surface area contributed by atoms with Crippen molar-refractivity contribution in [3.05, 3.63) is 52.6 Å². The minimum absolute atomic E-state index is 0.107. The summed E-state index contributed by atoms with van der Waals surface area (Å²) in [6.07, 6.45) is 0. The van der Waals surface area contributed by atoms with Crippen LogP contribution in [-0.4, -0.2) is 62.2 Å². The molecule has 0 unspecified atom stereocenters. The first-order chi connectivity index (χ1) is 14.4. The van der Waals surface area contributed by atoms with Crippen LogP contribution in [0.15, 0.2) is 42.5 Å². The van der Waals surface area contributed by atoms with Crippen LogP contribution in [0.5, 0.6) is 11.5 Å². The van der Waals surface area contributed by atoms with Crippen LogP contribution in [0.3, 0.4) is 0 Å². The fraction of sp³-hybridized carbons (Fsp3) is 0.381. The van der Waals surface area contributed by atoms with Crippen molar-refractivity contribution in [2.45, 2.75) is 13.0 Å². The van der Waals surface area contributed by atoms with Crippen LogP contribution in [0.25, 0.3) is 0 Å². The van der Waals surface area contributed by atoms with E-state index in [2.05, 4.69) is 15.1 Å². The Balaban J connectivity index is 1.64. The van der Waals surface area contributed by atoms with Crippen molar-refractivity contribution >= 4 is 23.0 Å². The van der Waals surface area contributed by atoms with Crippen molar-refractivity contribution in [3.63, 3.8) is 0 Å². The quantitative estimate of drug-likeness (QED) is 0.550. The molecule has 1 aliphatic rings. The molecule has 1 atom stereocenters. The summed E-state index contributed by atoms with van der Waals surface area (Å²) in [7, 11) is 3.11. The van der Waals surface area contributed by atoms with Crippen molar-refractivity contribution < 1.29 is 19.2 Å². The number of methoxy groups -OCH3 is 2. The molecule has 1 amide bonds. The molecule has 0 radical (unpaired) electrons. The van der Waals surface area contributed by atoms with Crippen LogP contribution in [-0.2, 0) is 4.79 Å². The van der Waals surface area contributed by atoms with Crippen LogP contribution < -0.4 is 19.7 Å². The molecule has 3 rings (SSSR count). The van der Waals surface area contributed by atoms with Crippen molar-refractivity contribution in [3.8, 4) is 11.5 Å². The third-order valence-electron chi connectivity index (χ3n) is 5.32. The zero-order chi connectivity index (χ0) is 21.7. The molecule has 1 N–H and O–H groups in total. The van der Waals surface area contributed by atoms with E-state index in [1.54, 1.807) is 7.11 Å². The number of para-hydroxylation sites is 2. The summed E-state index contributed by atoms with van der Waals surface area (Å²) in [6, 6.07) is 11.6. The van der Waals surface area contributed by atoms with E-state index in [1.807, 2.05) is 31.2 Å². The first kappa shape index (κ1) is 21.4. The average molecular weight is 414 g/mol. The fourth-order valence-corrected chi connectivity index (χ4v) is 3.55. The number of ether oxygens (including phenoxy) is 2. The highest BCUT2D eigenvalue weighted by Gasteiger charge is 2.27. The number of hydrogen-bond donors (Lipinski definition) is 1. The molecular formula is C21H26N4O5. The number of amides is 1. The van der Waals surface area contributed by atoms with E-state index < -0.39 is 11.0 Å². The maximum atomic E-state index is 12.8. The van der Waals surface area contributed by atoms with Gasteiger partial charge in [-0.2, -0.15) is 0 Å². The van der Waals surface area contributed by atoms with Crippen LogP contribution in [0.2, 0.25) is 0 Å². The number of nitrogens with one attached hydrogen (secondary N) is 1. The van der Waals surface area contributed by atoms with Crippen molar-refractivity contribution in [2.24, 2.45) is 0 Å². The maximum Gasteiger partial charge on any atom is 0.271 e. The Kier molecular flexibility index (Phi) is 6.73. The van der Waals surface area contributed by atoms with Gasteiger partial charge in [0.1, 0.15) is 11.5 Å². The molecular weight excluding hydrogens is 388 g/mol. The largest absolute Gasteiger partial charge is 0.495 e. The van der Waals surface area contributed by atoms with Gasteiger partial charge in [0.25, 0.3) is 5.69 Å². The number of nitro groups is 1. The number of carbonyl (C=O) groups is 1. The van der Waals surface area contributed by atoms with Gasteiger partial charge in [-0.3, -0.25) is 19.8 Å². The number of carbonyl (C=O) groups excluding carboxylic acids is 1. The molecule has 0 aliphatic carbocycles. The van der Waals surface area contributed by atoms with E-state index in [-0.39, 0.29) is 17.3 Å². The number of nitrogens with zero attached hydrogens (tertiary/aromatic N) is 3. The van der Waals surface area contributed by atoms with E-state index in [9.17, 15) is 14.9 Å². The van der Waals surface area contributed by atoms with Crippen molar-refractivity contribution in [1.82, 2.24) is 4.90 Å². The topological polar surface area (TPSA) is 97.2 Å². The lowest BCUT2D eigenvalue weighted by molar-refractivity contribution is -0.384. The number of benzene rings is 2. The smallest absolute Gasteiger partial charge is 0.271 e. The summed E-state index contributed by atoms with van der Waals surface area (Å²) < 4.78 is 10.7. The lowest BCUT2D eigenvalue weighted by atomic mass is 10.1. The number of non-ortho nitro benzene ring substituents is 1. The standard InChI is InChI=1S/C21H26N4O5/c1-15(21(26)22-17-14-16(25(27)28)8-9-19(17)29-2)23-10-12-24(13-11-23)18-6-4-5-7-20(18)30-3/h4-9,14-15H,10-13H2,1-3H3,(H,22,26)/t15-/m1/s1. The third kappa shape index (κ3) is 4.62. The predicted molar refractivity (Wildman–Crippen MR) is 115 cm³/mol. The average Bonchev–Trinajstić information content (AvgIpc) is 2.78. The number of hydrogen-bond acceptors (Lipinski definition) is 7. The van der Waals surface area contributed by atoms with Gasteiger partial charge in [-0.05, 0) is 25.1 Å². The Hall–Kier alpha value is -3.33. The molecule has 0 aromatic heterocycles. The molecule has 1 fully saturated rings. The molecule has 1 aliphatic heterocycles. The third-order valence-corrected chi connectivity index (χ3v) is 5.32. The van der Waals surface area contributed by atoms with Crippen LogP contribution in [0.1, 0.15) is 6.92 Å². The number of anilines is 2. The number of rotatable bonds is 7. The van der Waals surface area contributed by atoms with E-state index >= 15 is 0 Å². The Labute approximate surface area is 175 Å². The molecule has 2 aromatic carbocycles. The van der Waals surface area contributed by atoms with Crippen molar-refractivity contribution in [1.29, 1.82) is 0 Å². The van der Waals surface area contributed by atoms with Gasteiger partial charge in [0.15, 0.2) is 0 Å². The van der Waals surface area contributed by atoms with E-state index in [0.717, 1.165) is 24.5 Å². The highest BCUT2D eigenvalue weighted by molar-refractivity contribution is 5.96. The summed E-state index contributed by atoms with van der Waals surface area (Å²) in [5.41, 5.74) is 1.22. The van der Waals surface area contributed by atoms with Crippen LogP contribution >= 0.6 is 0 Å². The summed E-state index contributed by atoms with van der Waals surface area (Å²) in [6.45, 7) is 4.77. The van der Waals surface area contributed by atoms with Gasteiger partial charge >= 0.3 is 0 Å². The van der Waals surface area contributed by atoms with Gasteiger partial charge in [-0.15, -0.1) is 0 Å². The Morgan fingerprint density at radius 2 is 1.73 bits per heavy atom. The van der Waals surface area contributed by atoms with Crippen LogP contribution in [0.4, 0.5) is 17.1 Å². The molecule has 0 saturated carbocycles. The molecule has 0 bridgehead atoms. The molecule has 2 aromatic rings. The lowest BCUT2D eigenvalue weighted by Crippen LogP contribution is -2.52. The van der Waals surface area contributed by atoms with Gasteiger partial charge in [0.05, 0.1) is 36.6 Å². The summed E-state index contributed by atoms with van der Waals surface area (Å²) in [4.78, 5) is 27.7. The highest BCUT2D eigenvalue weighted by atomic mass is 16.6. The van der Waals surface area contributed by atoms with Gasteiger partial charge < -0.3 is 19.7 Å². The van der Waals surface area contributed by atoms with E-state index in [1.165, 1.54) is 25.3 Å². The molecule has 1 saturated heterocycles. The minimum atomic E-state index is -0.504. The molecule has 9 heteroatoms. The first-order valence-corrected chi connectivity index (χ1v) is 9.70. The summed E-state index contributed by atoms with van der Waals surface area (Å²) >= 11 is 0. The second-order valence-electron chi connectivity index (χ2n) is 7.00. The first-order valence-electron chi connectivity index (χ1n) is 9.70. The highest BCUT2D eigenvalue weighted by Crippen LogP contribution is 2.30. The zero-order valence-electron chi connectivity index (χ0n) is 17.3. The van der Waals surface area contributed by atoms with Gasteiger partial charge in [-0.25, -0.2) is 0 Å². The van der Waals surface area contributed by atoms with Crippen molar-refractivity contribution in [2.75, 3.05) is 50.6 Å². The molecule has 1 heterocycles. The zero-order valence-corrected chi connectivity index (χ0v) is 17.3. The van der Waals surface area contributed by atoms with Gasteiger partial charge in [0.2, 0.25) is 5.91 Å². The normalized spacial score (nSPS) is 15.4. The van der Waals surface area contributed by atoms with E-state index in [0.29, 0.717) is 18.8 Å². The molecule has 160 valence electrons.